The molecule has 0 atom stereocenters. The highest BCUT2D eigenvalue weighted by molar-refractivity contribution is 5.92. The molecule has 3 rings (SSSR count). The summed E-state index contributed by atoms with van der Waals surface area (Å²) in [7, 11) is 0. The number of amides is 1. The summed E-state index contributed by atoms with van der Waals surface area (Å²) >= 11 is 0. The molecule has 1 aromatic heterocycles. The standard InChI is InChI=1S/C24H27N3O3/c1-16-10-11-20(14-17(16)2)25-23(28)15-30-24(29)13-12-22-18(3)26-27(19(22)4)21-8-6-5-7-9-21/h5-11,14H,12-13,15H2,1-4H3,(H,25,28). The van der Waals surface area contributed by atoms with Crippen LogP contribution < -0.4 is 5.32 Å². The van der Waals surface area contributed by atoms with E-state index in [1.807, 2.05) is 80.9 Å². The Labute approximate surface area is 176 Å². The molecule has 1 heterocycles. The molecule has 0 saturated carbocycles. The number of esters is 1. The number of aromatic nitrogens is 2. The van der Waals surface area contributed by atoms with Crippen LogP contribution in [0, 0.1) is 27.7 Å². The zero-order valence-corrected chi connectivity index (χ0v) is 17.9. The van der Waals surface area contributed by atoms with Crippen LogP contribution in [-0.2, 0) is 20.7 Å². The molecule has 1 amide bonds. The van der Waals surface area contributed by atoms with Gasteiger partial charge in [-0.15, -0.1) is 0 Å². The molecular formula is C24H27N3O3. The molecule has 6 nitrogen and oxygen atoms in total. The van der Waals surface area contributed by atoms with Gasteiger partial charge < -0.3 is 10.1 Å². The number of hydrogen-bond acceptors (Lipinski definition) is 4. The number of carbonyl (C=O) groups is 2. The molecule has 0 fully saturated rings. The van der Waals surface area contributed by atoms with Crippen molar-refractivity contribution in [2.75, 3.05) is 11.9 Å². The molecule has 0 aliphatic carbocycles. The van der Waals surface area contributed by atoms with Crippen molar-refractivity contribution in [2.24, 2.45) is 0 Å². The Balaban J connectivity index is 1.52. The first kappa shape index (κ1) is 21.3. The number of nitrogens with zero attached hydrogens (tertiary/aromatic N) is 2. The minimum Gasteiger partial charge on any atom is -0.456 e. The van der Waals surface area contributed by atoms with Crippen LogP contribution in [-0.4, -0.2) is 28.3 Å². The van der Waals surface area contributed by atoms with Crippen molar-refractivity contribution < 1.29 is 14.3 Å². The third-order valence-corrected chi connectivity index (χ3v) is 5.18. The van der Waals surface area contributed by atoms with Gasteiger partial charge in [0, 0.05) is 17.8 Å². The second kappa shape index (κ2) is 9.39. The summed E-state index contributed by atoms with van der Waals surface area (Å²) in [6.45, 7) is 7.62. The molecule has 3 aromatic rings. The normalized spacial score (nSPS) is 10.7. The van der Waals surface area contributed by atoms with Crippen molar-refractivity contribution in [3.05, 3.63) is 76.6 Å². The van der Waals surface area contributed by atoms with Crippen molar-refractivity contribution in [3.63, 3.8) is 0 Å². The Morgan fingerprint density at radius 2 is 1.73 bits per heavy atom. The van der Waals surface area contributed by atoms with E-state index in [1.54, 1.807) is 0 Å². The zero-order valence-electron chi connectivity index (χ0n) is 17.9. The molecule has 1 N–H and O–H groups in total. The highest BCUT2D eigenvalue weighted by atomic mass is 16.5. The first-order valence-corrected chi connectivity index (χ1v) is 9.98. The lowest BCUT2D eigenvalue weighted by atomic mass is 10.1. The van der Waals surface area contributed by atoms with Crippen LogP contribution in [0.15, 0.2) is 48.5 Å². The van der Waals surface area contributed by atoms with Crippen LogP contribution in [0.4, 0.5) is 5.69 Å². The maximum Gasteiger partial charge on any atom is 0.306 e. The summed E-state index contributed by atoms with van der Waals surface area (Å²) < 4.78 is 7.03. The number of aryl methyl sites for hydroxylation is 3. The van der Waals surface area contributed by atoms with Gasteiger partial charge in [0.15, 0.2) is 6.61 Å². The Morgan fingerprint density at radius 1 is 1.00 bits per heavy atom. The quantitative estimate of drug-likeness (QED) is 0.597. The fourth-order valence-corrected chi connectivity index (χ4v) is 3.32. The predicted octanol–water partition coefficient (Wildman–Crippen LogP) is 4.22. The zero-order chi connectivity index (χ0) is 21.7. The molecule has 0 aliphatic rings. The topological polar surface area (TPSA) is 73.2 Å². The smallest absolute Gasteiger partial charge is 0.306 e. The van der Waals surface area contributed by atoms with Crippen molar-refractivity contribution in [2.45, 2.75) is 40.5 Å². The van der Waals surface area contributed by atoms with E-state index in [4.69, 9.17) is 4.74 Å². The second-order valence-corrected chi connectivity index (χ2v) is 7.40. The van der Waals surface area contributed by atoms with Crippen molar-refractivity contribution >= 4 is 17.6 Å². The SMILES string of the molecule is Cc1ccc(NC(=O)COC(=O)CCc2c(C)nn(-c3ccccc3)c2C)cc1C. The lowest BCUT2D eigenvalue weighted by Crippen LogP contribution is -2.21. The van der Waals surface area contributed by atoms with Crippen molar-refractivity contribution in [3.8, 4) is 5.69 Å². The van der Waals surface area contributed by atoms with E-state index < -0.39 is 5.97 Å². The van der Waals surface area contributed by atoms with Gasteiger partial charge in [-0.2, -0.15) is 5.10 Å². The fraction of sp³-hybridized carbons (Fsp3) is 0.292. The Bertz CT molecular complexity index is 1060. The van der Waals surface area contributed by atoms with Gasteiger partial charge in [-0.3, -0.25) is 9.59 Å². The van der Waals surface area contributed by atoms with Crippen LogP contribution in [0.3, 0.4) is 0 Å². The number of anilines is 1. The minimum absolute atomic E-state index is 0.194. The molecule has 2 aromatic carbocycles. The molecule has 0 aliphatic heterocycles. The highest BCUT2D eigenvalue weighted by Crippen LogP contribution is 2.19. The molecule has 0 unspecified atom stereocenters. The number of para-hydroxylation sites is 1. The molecule has 0 bridgehead atoms. The average molecular weight is 405 g/mol. The number of rotatable bonds is 7. The summed E-state index contributed by atoms with van der Waals surface area (Å²) in [5.41, 5.74) is 6.83. The van der Waals surface area contributed by atoms with Gasteiger partial charge in [0.05, 0.1) is 11.4 Å². The number of hydrogen-bond donors (Lipinski definition) is 1. The van der Waals surface area contributed by atoms with Crippen LogP contribution in [0.1, 0.15) is 34.5 Å². The Hall–Kier alpha value is -3.41. The molecule has 30 heavy (non-hydrogen) atoms. The lowest BCUT2D eigenvalue weighted by molar-refractivity contribution is -0.147. The van der Waals surface area contributed by atoms with E-state index in [1.165, 1.54) is 0 Å². The predicted molar refractivity (Wildman–Crippen MR) is 117 cm³/mol. The van der Waals surface area contributed by atoms with Gasteiger partial charge >= 0.3 is 5.97 Å². The van der Waals surface area contributed by atoms with Crippen LogP contribution in [0.25, 0.3) is 5.69 Å². The molecule has 0 spiro atoms. The number of nitrogens with one attached hydrogen (secondary N) is 1. The maximum absolute atomic E-state index is 12.1. The van der Waals surface area contributed by atoms with Gasteiger partial charge in [-0.25, -0.2) is 4.68 Å². The summed E-state index contributed by atoms with van der Waals surface area (Å²) in [5, 5.41) is 7.34. The fourth-order valence-electron chi connectivity index (χ4n) is 3.32. The van der Waals surface area contributed by atoms with Crippen LogP contribution in [0.5, 0.6) is 0 Å². The first-order valence-electron chi connectivity index (χ1n) is 9.98. The second-order valence-electron chi connectivity index (χ2n) is 7.40. The van der Waals surface area contributed by atoms with Crippen molar-refractivity contribution in [1.29, 1.82) is 0 Å². The highest BCUT2D eigenvalue weighted by Gasteiger charge is 2.15. The Kier molecular flexibility index (Phi) is 6.67. The van der Waals surface area contributed by atoms with Gasteiger partial charge in [0.2, 0.25) is 0 Å². The average Bonchev–Trinajstić information content (AvgIpc) is 3.02. The number of ether oxygens (including phenoxy) is 1. The maximum atomic E-state index is 12.1. The van der Waals surface area contributed by atoms with Crippen LogP contribution >= 0.6 is 0 Å². The van der Waals surface area contributed by atoms with E-state index in [0.29, 0.717) is 12.1 Å². The summed E-state index contributed by atoms with van der Waals surface area (Å²) in [6, 6.07) is 15.5. The van der Waals surface area contributed by atoms with Gasteiger partial charge in [-0.1, -0.05) is 24.3 Å². The third kappa shape index (κ3) is 5.14. The number of benzene rings is 2. The van der Waals surface area contributed by atoms with E-state index in [0.717, 1.165) is 33.8 Å². The van der Waals surface area contributed by atoms with Crippen molar-refractivity contribution in [1.82, 2.24) is 9.78 Å². The third-order valence-electron chi connectivity index (χ3n) is 5.18. The molecule has 0 saturated heterocycles. The Morgan fingerprint density at radius 3 is 2.43 bits per heavy atom. The summed E-state index contributed by atoms with van der Waals surface area (Å²) in [4.78, 5) is 24.2. The van der Waals surface area contributed by atoms with E-state index in [-0.39, 0.29) is 18.9 Å². The lowest BCUT2D eigenvalue weighted by Gasteiger charge is -2.09. The summed E-state index contributed by atoms with van der Waals surface area (Å²) in [5.74, 6) is -0.757. The van der Waals surface area contributed by atoms with E-state index in [9.17, 15) is 9.59 Å². The summed E-state index contributed by atoms with van der Waals surface area (Å²) in [6.07, 6.45) is 0.710. The monoisotopic (exact) mass is 405 g/mol. The van der Waals surface area contributed by atoms with Gasteiger partial charge in [0.25, 0.3) is 5.91 Å². The first-order chi connectivity index (χ1) is 14.3. The van der Waals surface area contributed by atoms with Crippen LogP contribution in [0.2, 0.25) is 0 Å². The van der Waals surface area contributed by atoms with E-state index in [2.05, 4.69) is 10.4 Å². The molecular weight excluding hydrogens is 378 g/mol. The minimum atomic E-state index is -0.406. The van der Waals surface area contributed by atoms with Gasteiger partial charge in [0.1, 0.15) is 0 Å². The van der Waals surface area contributed by atoms with E-state index >= 15 is 0 Å². The molecule has 6 heteroatoms. The molecule has 0 radical (unpaired) electrons. The number of carbonyl (C=O) groups excluding carboxylic acids is 2. The molecule has 156 valence electrons. The largest absolute Gasteiger partial charge is 0.456 e. The van der Waals surface area contributed by atoms with Gasteiger partial charge in [-0.05, 0) is 75.1 Å².